The number of nitrogens with one attached hydrogen (secondary N) is 1. The summed E-state index contributed by atoms with van der Waals surface area (Å²) >= 11 is 0. The Hall–Kier alpha value is -4.66. The topological polar surface area (TPSA) is 103 Å². The van der Waals surface area contributed by atoms with Crippen LogP contribution in [-0.4, -0.2) is 44.9 Å². The van der Waals surface area contributed by atoms with Crippen LogP contribution in [0.5, 0.6) is 0 Å². The summed E-state index contributed by atoms with van der Waals surface area (Å²) in [5, 5.41) is 19.4. The predicted octanol–water partition coefficient (Wildman–Crippen LogP) is 5.55. The Morgan fingerprint density at radius 2 is 1.82 bits per heavy atom. The van der Waals surface area contributed by atoms with Crippen molar-refractivity contribution in [3.8, 4) is 22.5 Å². The molecule has 0 fully saturated rings. The Morgan fingerprint density at radius 3 is 2.58 bits per heavy atom. The first-order valence-corrected chi connectivity index (χ1v) is 13.8. The van der Waals surface area contributed by atoms with Gasteiger partial charge in [0.2, 0.25) is 5.82 Å². The van der Waals surface area contributed by atoms with E-state index in [9.17, 15) is 0 Å². The zero-order valence-electron chi connectivity index (χ0n) is 23.2. The van der Waals surface area contributed by atoms with Crippen molar-refractivity contribution in [1.29, 1.82) is 0 Å². The molecule has 1 aliphatic carbocycles. The largest absolute Gasteiger partial charge is 0.305 e. The van der Waals surface area contributed by atoms with Gasteiger partial charge in [0.05, 0.1) is 24.0 Å². The number of aryl methyl sites for hydroxylation is 5. The van der Waals surface area contributed by atoms with E-state index in [4.69, 9.17) is 9.97 Å². The first kappa shape index (κ1) is 24.4. The highest BCUT2D eigenvalue weighted by Crippen LogP contribution is 2.40. The summed E-state index contributed by atoms with van der Waals surface area (Å²) in [5.74, 6) is 1.68. The van der Waals surface area contributed by atoms with E-state index in [2.05, 4.69) is 93.5 Å². The number of hydrogen-bond acceptors (Lipinski definition) is 6. The molecule has 1 atom stereocenters. The third kappa shape index (κ3) is 4.00. The zero-order valence-corrected chi connectivity index (χ0v) is 23.2. The van der Waals surface area contributed by atoms with Gasteiger partial charge in [-0.15, -0.1) is 10.2 Å². The first-order valence-electron chi connectivity index (χ1n) is 13.8. The van der Waals surface area contributed by atoms with E-state index in [0.29, 0.717) is 12.4 Å². The van der Waals surface area contributed by atoms with Gasteiger partial charge in [-0.05, 0) is 78.8 Å². The zero-order chi connectivity index (χ0) is 27.4. The molecule has 2 aromatic carbocycles. The summed E-state index contributed by atoms with van der Waals surface area (Å²) in [6, 6.07) is 19.5. The average Bonchev–Trinajstić information content (AvgIpc) is 3.75. The van der Waals surface area contributed by atoms with Crippen molar-refractivity contribution in [3.05, 3.63) is 94.2 Å². The van der Waals surface area contributed by atoms with Crippen LogP contribution in [-0.2, 0) is 19.4 Å². The van der Waals surface area contributed by atoms with Crippen LogP contribution >= 0.6 is 0 Å². The van der Waals surface area contributed by atoms with E-state index in [0.717, 1.165) is 75.6 Å². The second kappa shape index (κ2) is 9.51. The van der Waals surface area contributed by atoms with Crippen molar-refractivity contribution in [2.24, 2.45) is 0 Å². The Morgan fingerprint density at radius 1 is 0.975 bits per heavy atom. The van der Waals surface area contributed by atoms with E-state index in [1.807, 2.05) is 23.7 Å². The van der Waals surface area contributed by atoms with Crippen molar-refractivity contribution in [1.82, 2.24) is 44.9 Å². The second-order valence-corrected chi connectivity index (χ2v) is 10.7. The van der Waals surface area contributed by atoms with Crippen LogP contribution in [0, 0.1) is 20.8 Å². The molecule has 0 bridgehead atoms. The van der Waals surface area contributed by atoms with Crippen molar-refractivity contribution < 1.29 is 0 Å². The van der Waals surface area contributed by atoms with Gasteiger partial charge in [-0.1, -0.05) is 49.4 Å². The summed E-state index contributed by atoms with van der Waals surface area (Å²) < 4.78 is 4.43. The number of H-pyrrole nitrogens is 1. The first-order chi connectivity index (χ1) is 19.5. The lowest BCUT2D eigenvalue weighted by Crippen LogP contribution is -2.13. The Kier molecular flexibility index (Phi) is 5.80. The molecular formula is C31H31N9. The molecule has 0 spiro atoms. The number of hydrogen-bond donors (Lipinski definition) is 1. The monoisotopic (exact) mass is 529 g/mol. The van der Waals surface area contributed by atoms with Crippen molar-refractivity contribution in [2.45, 2.75) is 59.5 Å². The summed E-state index contributed by atoms with van der Waals surface area (Å²) in [6.45, 7) is 9.09. The maximum atomic E-state index is 5.19. The second-order valence-electron chi connectivity index (χ2n) is 10.7. The lowest BCUT2D eigenvalue weighted by Gasteiger charge is -2.18. The molecule has 0 amide bonds. The Balaban J connectivity index is 1.30. The fourth-order valence-electron chi connectivity index (χ4n) is 6.21. The van der Waals surface area contributed by atoms with Gasteiger partial charge in [0.15, 0.2) is 5.65 Å². The Labute approximate surface area is 232 Å². The molecule has 0 unspecified atom stereocenters. The van der Waals surface area contributed by atoms with Gasteiger partial charge in [-0.25, -0.2) is 9.97 Å². The van der Waals surface area contributed by atoms with Gasteiger partial charge in [0, 0.05) is 17.7 Å². The lowest BCUT2D eigenvalue weighted by molar-refractivity contribution is 0.565. The van der Waals surface area contributed by atoms with Crippen LogP contribution in [0.1, 0.15) is 59.0 Å². The molecule has 200 valence electrons. The summed E-state index contributed by atoms with van der Waals surface area (Å²) in [7, 11) is 0. The Bertz CT molecular complexity index is 1860. The third-order valence-electron chi connectivity index (χ3n) is 8.02. The fourth-order valence-corrected chi connectivity index (χ4v) is 6.21. The lowest BCUT2D eigenvalue weighted by atomic mass is 9.96. The van der Waals surface area contributed by atoms with Gasteiger partial charge in [-0.3, -0.25) is 4.68 Å². The molecule has 0 saturated heterocycles. The highest BCUT2D eigenvalue weighted by Gasteiger charge is 2.29. The maximum absolute atomic E-state index is 5.19. The average molecular weight is 530 g/mol. The van der Waals surface area contributed by atoms with Gasteiger partial charge in [0.1, 0.15) is 11.3 Å². The van der Waals surface area contributed by atoms with Gasteiger partial charge in [0.25, 0.3) is 0 Å². The van der Waals surface area contributed by atoms with Crippen LogP contribution in [0.4, 0.5) is 0 Å². The number of pyridine rings is 1. The van der Waals surface area contributed by atoms with E-state index < -0.39 is 0 Å². The molecule has 9 nitrogen and oxygen atoms in total. The number of imidazole rings is 1. The minimum absolute atomic E-state index is 0.201. The van der Waals surface area contributed by atoms with E-state index in [-0.39, 0.29) is 6.04 Å². The highest BCUT2D eigenvalue weighted by molar-refractivity contribution is 5.81. The van der Waals surface area contributed by atoms with Crippen LogP contribution < -0.4 is 0 Å². The van der Waals surface area contributed by atoms with Gasteiger partial charge >= 0.3 is 0 Å². The quantitative estimate of drug-likeness (QED) is 0.304. The smallest absolute Gasteiger partial charge is 0.205 e. The van der Waals surface area contributed by atoms with Crippen LogP contribution in [0.2, 0.25) is 0 Å². The minimum atomic E-state index is 0.201. The minimum Gasteiger partial charge on any atom is -0.305 e. The van der Waals surface area contributed by atoms with Crippen LogP contribution in [0.15, 0.2) is 54.6 Å². The summed E-state index contributed by atoms with van der Waals surface area (Å²) in [5.41, 5.74) is 12.2. The fraction of sp³-hybridized carbons (Fsp3) is 0.290. The normalized spacial score (nSPS) is 14.8. The molecule has 4 heterocycles. The molecule has 4 aromatic heterocycles. The highest BCUT2D eigenvalue weighted by atomic mass is 15.5. The number of aromatic amines is 1. The molecule has 7 rings (SSSR count). The number of aromatic nitrogens is 9. The number of benzene rings is 2. The van der Waals surface area contributed by atoms with Gasteiger partial charge in [-0.2, -0.15) is 10.3 Å². The molecule has 9 heteroatoms. The number of rotatable bonds is 6. The van der Waals surface area contributed by atoms with Crippen molar-refractivity contribution in [2.75, 3.05) is 0 Å². The molecule has 40 heavy (non-hydrogen) atoms. The molecule has 1 aliphatic rings. The SMILES string of the molecule is CCc1nc2c(C)cc(Cn3nc(C)cc3C)nc2n1[C@H]1CCc2cc(-c3ccccc3-c3nn[nH]n3)ccc21. The number of nitrogens with zero attached hydrogens (tertiary/aromatic N) is 8. The maximum Gasteiger partial charge on any atom is 0.205 e. The number of tetrazole rings is 1. The van der Waals surface area contributed by atoms with E-state index >= 15 is 0 Å². The molecule has 1 N–H and O–H groups in total. The molecule has 0 radical (unpaired) electrons. The van der Waals surface area contributed by atoms with Crippen molar-refractivity contribution in [3.63, 3.8) is 0 Å². The van der Waals surface area contributed by atoms with E-state index in [1.165, 1.54) is 11.1 Å². The molecule has 0 saturated carbocycles. The predicted molar refractivity (Wildman–Crippen MR) is 154 cm³/mol. The molecule has 0 aliphatic heterocycles. The standard InChI is InChI=1S/C31H31N9/c1-5-28-33-29-18(2)14-23(17-39-20(4)15-19(3)36-39)32-31(29)40(28)27-13-11-22-16-21(10-12-25(22)27)24-8-6-7-9-26(24)30-34-37-38-35-30/h6-10,12,14-16,27H,5,11,13,17H2,1-4H3,(H,34,35,37,38)/t27-/m0/s1. The van der Waals surface area contributed by atoms with E-state index in [1.54, 1.807) is 0 Å². The van der Waals surface area contributed by atoms with Crippen molar-refractivity contribution >= 4 is 11.2 Å². The molecular weight excluding hydrogens is 498 g/mol. The third-order valence-corrected chi connectivity index (χ3v) is 8.02. The summed E-state index contributed by atoms with van der Waals surface area (Å²) in [6.07, 6.45) is 2.88. The summed E-state index contributed by atoms with van der Waals surface area (Å²) in [4.78, 5) is 10.3. The molecule has 6 aromatic rings. The number of fused-ring (bicyclic) bond motifs is 2. The van der Waals surface area contributed by atoms with Gasteiger partial charge < -0.3 is 4.57 Å². The van der Waals surface area contributed by atoms with Crippen LogP contribution in [0.3, 0.4) is 0 Å². The van der Waals surface area contributed by atoms with Crippen LogP contribution in [0.25, 0.3) is 33.7 Å².